The molecule has 27 heavy (non-hydrogen) atoms. The molecule has 1 amide bonds. The number of nitrogens with one attached hydrogen (secondary N) is 1. The maximum Gasteiger partial charge on any atom is 0.338 e. The van der Waals surface area contributed by atoms with Crippen LogP contribution in [0.25, 0.3) is 11.3 Å². The van der Waals surface area contributed by atoms with Gasteiger partial charge in [-0.3, -0.25) is 9.78 Å². The molecular formula is C19H16N4O4. The molecule has 1 N–H and O–H groups in total. The summed E-state index contributed by atoms with van der Waals surface area (Å²) in [5.74, 6) is 0.224. The first-order valence-corrected chi connectivity index (χ1v) is 8.14. The number of hydrogen-bond donors (Lipinski definition) is 1. The van der Waals surface area contributed by atoms with E-state index in [-0.39, 0.29) is 11.7 Å². The maximum absolute atomic E-state index is 11.8. The molecule has 0 aliphatic rings. The first kappa shape index (κ1) is 18.0. The van der Waals surface area contributed by atoms with Crippen molar-refractivity contribution in [3.05, 3.63) is 72.0 Å². The van der Waals surface area contributed by atoms with Crippen LogP contribution < -0.4 is 5.43 Å². The fourth-order valence-corrected chi connectivity index (χ4v) is 2.19. The summed E-state index contributed by atoms with van der Waals surface area (Å²) in [5.41, 5.74) is 3.78. The molecule has 0 aliphatic carbocycles. The van der Waals surface area contributed by atoms with Crippen molar-refractivity contribution in [1.82, 2.24) is 15.4 Å². The summed E-state index contributed by atoms with van der Waals surface area (Å²) < 4.78 is 10.6. The van der Waals surface area contributed by atoms with Crippen LogP contribution in [0, 0.1) is 0 Å². The van der Waals surface area contributed by atoms with E-state index in [0.29, 0.717) is 23.7 Å². The van der Waals surface area contributed by atoms with E-state index >= 15 is 0 Å². The first-order chi connectivity index (χ1) is 13.2. The van der Waals surface area contributed by atoms with Gasteiger partial charge in [-0.1, -0.05) is 12.1 Å². The number of carbonyl (C=O) groups excluding carboxylic acids is 2. The highest BCUT2D eigenvalue weighted by molar-refractivity contribution is 5.92. The summed E-state index contributed by atoms with van der Waals surface area (Å²) in [6, 6.07) is 10.4. The monoisotopic (exact) mass is 364 g/mol. The van der Waals surface area contributed by atoms with Gasteiger partial charge in [-0.15, -0.1) is 0 Å². The van der Waals surface area contributed by atoms with Crippen molar-refractivity contribution >= 4 is 18.1 Å². The Hall–Kier alpha value is -3.81. The molecule has 3 rings (SSSR count). The van der Waals surface area contributed by atoms with E-state index in [1.165, 1.54) is 24.8 Å². The molecule has 8 nitrogen and oxygen atoms in total. The third-order valence-electron chi connectivity index (χ3n) is 3.46. The maximum atomic E-state index is 11.8. The number of rotatable bonds is 6. The van der Waals surface area contributed by atoms with Gasteiger partial charge in [0.05, 0.1) is 24.6 Å². The summed E-state index contributed by atoms with van der Waals surface area (Å²) in [4.78, 5) is 31.2. The molecule has 8 heteroatoms. The topological polar surface area (TPSA) is 107 Å². The minimum atomic E-state index is -0.472. The number of furan rings is 1. The quantitative estimate of drug-likeness (QED) is 0.409. The zero-order valence-electron chi connectivity index (χ0n) is 14.5. The Morgan fingerprint density at radius 3 is 2.70 bits per heavy atom. The minimum Gasteiger partial charge on any atom is -0.462 e. The van der Waals surface area contributed by atoms with Gasteiger partial charge in [0.15, 0.2) is 0 Å². The Balaban J connectivity index is 1.63. The normalized spacial score (nSPS) is 10.7. The minimum absolute atomic E-state index is 0.163. The standard InChI is InChI=1S/C19H16N4O4/c1-2-26-19(25)14-5-3-13(4-6-14)17-8-7-15(27-17)11-22-23-18(24)16-12-20-9-10-21-16/h3-12H,2H2,1H3,(H,23,24)/b22-11-. The Bertz CT molecular complexity index is 949. The lowest BCUT2D eigenvalue weighted by atomic mass is 10.1. The van der Waals surface area contributed by atoms with Crippen LogP contribution >= 0.6 is 0 Å². The lowest BCUT2D eigenvalue weighted by molar-refractivity contribution is 0.0526. The van der Waals surface area contributed by atoms with Gasteiger partial charge in [-0.05, 0) is 31.2 Å². The first-order valence-electron chi connectivity index (χ1n) is 8.14. The summed E-state index contributed by atoms with van der Waals surface area (Å²) in [7, 11) is 0. The Labute approximate surface area is 154 Å². The van der Waals surface area contributed by atoms with Gasteiger partial charge in [0.2, 0.25) is 0 Å². The Morgan fingerprint density at radius 1 is 1.19 bits per heavy atom. The number of hydrazone groups is 1. The van der Waals surface area contributed by atoms with Crippen LogP contribution in [-0.2, 0) is 4.74 Å². The highest BCUT2D eigenvalue weighted by atomic mass is 16.5. The van der Waals surface area contributed by atoms with Crippen molar-refractivity contribution in [3.63, 3.8) is 0 Å². The predicted molar refractivity (Wildman–Crippen MR) is 97.2 cm³/mol. The molecule has 3 aromatic rings. The number of nitrogens with zero attached hydrogens (tertiary/aromatic N) is 3. The summed E-state index contributed by atoms with van der Waals surface area (Å²) >= 11 is 0. The van der Waals surface area contributed by atoms with E-state index in [1.54, 1.807) is 43.3 Å². The smallest absolute Gasteiger partial charge is 0.338 e. The number of amides is 1. The zero-order chi connectivity index (χ0) is 19.1. The number of benzene rings is 1. The van der Waals surface area contributed by atoms with Crippen LogP contribution in [0.1, 0.15) is 33.5 Å². The van der Waals surface area contributed by atoms with Crippen LogP contribution in [-0.4, -0.2) is 34.7 Å². The predicted octanol–water partition coefficient (Wildman–Crippen LogP) is 2.68. The molecule has 0 atom stereocenters. The molecule has 136 valence electrons. The molecule has 2 aromatic heterocycles. The number of ether oxygens (including phenoxy) is 1. The van der Waals surface area contributed by atoms with Crippen molar-refractivity contribution in [3.8, 4) is 11.3 Å². The van der Waals surface area contributed by atoms with Gasteiger partial charge in [0.1, 0.15) is 17.2 Å². The molecule has 2 heterocycles. The summed E-state index contributed by atoms with van der Waals surface area (Å²) in [6.07, 6.45) is 5.62. The molecular weight excluding hydrogens is 348 g/mol. The third kappa shape index (κ3) is 4.63. The van der Waals surface area contributed by atoms with E-state index in [0.717, 1.165) is 5.56 Å². The highest BCUT2D eigenvalue weighted by Crippen LogP contribution is 2.22. The van der Waals surface area contributed by atoms with Crippen LogP contribution in [0.2, 0.25) is 0 Å². The van der Waals surface area contributed by atoms with E-state index < -0.39 is 5.91 Å². The van der Waals surface area contributed by atoms with Gasteiger partial charge in [-0.25, -0.2) is 15.2 Å². The second-order valence-electron chi connectivity index (χ2n) is 5.29. The average Bonchev–Trinajstić information content (AvgIpc) is 3.18. The zero-order valence-corrected chi connectivity index (χ0v) is 14.5. The highest BCUT2D eigenvalue weighted by Gasteiger charge is 2.09. The SMILES string of the molecule is CCOC(=O)c1ccc(-c2ccc(/C=N\NC(=O)c3cnccn3)o2)cc1. The fourth-order valence-electron chi connectivity index (χ4n) is 2.19. The average molecular weight is 364 g/mol. The lowest BCUT2D eigenvalue weighted by Gasteiger charge is -2.02. The van der Waals surface area contributed by atoms with Crippen molar-refractivity contribution in [2.45, 2.75) is 6.92 Å². The van der Waals surface area contributed by atoms with Gasteiger partial charge in [-0.2, -0.15) is 5.10 Å². The van der Waals surface area contributed by atoms with Crippen molar-refractivity contribution in [1.29, 1.82) is 0 Å². The second-order valence-corrected chi connectivity index (χ2v) is 5.29. The van der Waals surface area contributed by atoms with Gasteiger partial charge in [0.25, 0.3) is 5.91 Å². The van der Waals surface area contributed by atoms with Crippen molar-refractivity contribution in [2.24, 2.45) is 5.10 Å². The summed E-state index contributed by atoms with van der Waals surface area (Å²) in [5, 5.41) is 3.84. The number of carbonyl (C=O) groups is 2. The molecule has 0 bridgehead atoms. The molecule has 0 spiro atoms. The van der Waals surface area contributed by atoms with E-state index in [2.05, 4.69) is 20.5 Å². The molecule has 1 aromatic carbocycles. The number of aromatic nitrogens is 2. The van der Waals surface area contributed by atoms with Gasteiger partial charge in [0, 0.05) is 18.0 Å². The molecule has 0 aliphatic heterocycles. The number of hydrogen-bond acceptors (Lipinski definition) is 7. The third-order valence-corrected chi connectivity index (χ3v) is 3.46. The van der Waals surface area contributed by atoms with Crippen molar-refractivity contribution < 1.29 is 18.7 Å². The Morgan fingerprint density at radius 2 is 2.00 bits per heavy atom. The lowest BCUT2D eigenvalue weighted by Crippen LogP contribution is -2.18. The summed E-state index contributed by atoms with van der Waals surface area (Å²) in [6.45, 7) is 2.09. The number of esters is 1. The molecule has 0 unspecified atom stereocenters. The van der Waals surface area contributed by atoms with Crippen LogP contribution in [0.5, 0.6) is 0 Å². The van der Waals surface area contributed by atoms with Crippen molar-refractivity contribution in [2.75, 3.05) is 6.61 Å². The van der Waals surface area contributed by atoms with Gasteiger partial charge >= 0.3 is 5.97 Å². The van der Waals surface area contributed by atoms with E-state index in [4.69, 9.17) is 9.15 Å². The molecule has 0 radical (unpaired) electrons. The molecule has 0 saturated carbocycles. The molecule has 0 fully saturated rings. The van der Waals surface area contributed by atoms with Crippen LogP contribution in [0.15, 0.2) is 64.5 Å². The van der Waals surface area contributed by atoms with Crippen LogP contribution in [0.4, 0.5) is 0 Å². The fraction of sp³-hybridized carbons (Fsp3) is 0.105. The van der Waals surface area contributed by atoms with Gasteiger partial charge < -0.3 is 9.15 Å². The van der Waals surface area contributed by atoms with Crippen LogP contribution in [0.3, 0.4) is 0 Å². The van der Waals surface area contributed by atoms with E-state index in [1.807, 2.05) is 0 Å². The largest absolute Gasteiger partial charge is 0.462 e. The second kappa shape index (κ2) is 8.52. The molecule has 0 saturated heterocycles. The Kier molecular flexibility index (Phi) is 5.68. The van der Waals surface area contributed by atoms with E-state index in [9.17, 15) is 9.59 Å².